The van der Waals surface area contributed by atoms with Crippen molar-refractivity contribution in [3.63, 3.8) is 0 Å². The summed E-state index contributed by atoms with van der Waals surface area (Å²) in [4.78, 5) is 21.3. The van der Waals surface area contributed by atoms with E-state index in [2.05, 4.69) is 0 Å². The molecule has 0 aromatic carbocycles. The molecule has 5 heteroatoms. The van der Waals surface area contributed by atoms with E-state index in [1.807, 2.05) is 0 Å². The quantitative estimate of drug-likeness (QED) is 0.604. The zero-order valence-corrected chi connectivity index (χ0v) is 7.27. The van der Waals surface area contributed by atoms with Gasteiger partial charge in [0.1, 0.15) is 0 Å². The Hall–Kier alpha value is -1.36. The highest BCUT2D eigenvalue weighted by molar-refractivity contribution is 5.86. The Balaban J connectivity index is 2.94. The minimum absolute atomic E-state index is 1.20. The van der Waals surface area contributed by atoms with Crippen LogP contribution in [0, 0.1) is 0 Å². The van der Waals surface area contributed by atoms with Crippen LogP contribution in [0.25, 0.3) is 0 Å². The Labute approximate surface area is 74.6 Å². The normalized spacial score (nSPS) is 37.7. The number of ether oxygens (including phenoxy) is 1. The molecule has 13 heavy (non-hydrogen) atoms. The highest BCUT2D eigenvalue weighted by atomic mass is 16.6. The minimum Gasteiger partial charge on any atom is -0.479 e. The molecule has 2 N–H and O–H groups in total. The number of carboxylic acid groups (broad SMARTS) is 2. The molecule has 0 saturated carbocycles. The van der Waals surface area contributed by atoms with E-state index in [1.54, 1.807) is 0 Å². The number of carbonyl (C=O) groups is 2. The molecule has 0 fully saturated rings. The largest absolute Gasteiger partial charge is 0.479 e. The molecule has 1 heterocycles. The SMILES string of the molecule is CC1(C(=O)O)C=CC(C)(C(=O)O)O1. The van der Waals surface area contributed by atoms with Crippen molar-refractivity contribution in [3.8, 4) is 0 Å². The van der Waals surface area contributed by atoms with E-state index in [0.29, 0.717) is 0 Å². The molecule has 1 rings (SSSR count). The first-order valence-electron chi connectivity index (χ1n) is 3.67. The molecule has 1 aliphatic heterocycles. The first-order chi connectivity index (χ1) is 5.80. The van der Waals surface area contributed by atoms with Crippen LogP contribution in [0.1, 0.15) is 13.8 Å². The van der Waals surface area contributed by atoms with Gasteiger partial charge in [-0.3, -0.25) is 0 Å². The van der Waals surface area contributed by atoms with Crippen LogP contribution >= 0.6 is 0 Å². The predicted molar refractivity (Wildman–Crippen MR) is 42.3 cm³/mol. The van der Waals surface area contributed by atoms with Crippen LogP contribution in [-0.2, 0) is 14.3 Å². The van der Waals surface area contributed by atoms with Crippen molar-refractivity contribution in [1.29, 1.82) is 0 Å². The lowest BCUT2D eigenvalue weighted by atomic mass is 10.1. The van der Waals surface area contributed by atoms with Crippen molar-refractivity contribution in [2.45, 2.75) is 25.0 Å². The van der Waals surface area contributed by atoms with Gasteiger partial charge in [0.2, 0.25) is 0 Å². The molecule has 2 unspecified atom stereocenters. The van der Waals surface area contributed by atoms with Gasteiger partial charge in [-0.15, -0.1) is 0 Å². The second-order valence-corrected chi connectivity index (χ2v) is 3.26. The summed E-state index contributed by atoms with van der Waals surface area (Å²) in [6.07, 6.45) is 2.48. The van der Waals surface area contributed by atoms with Gasteiger partial charge in [-0.05, 0) is 26.0 Å². The maximum absolute atomic E-state index is 10.7. The van der Waals surface area contributed by atoms with Crippen LogP contribution in [0.4, 0.5) is 0 Å². The summed E-state index contributed by atoms with van der Waals surface area (Å²) in [6, 6.07) is 0. The lowest BCUT2D eigenvalue weighted by Gasteiger charge is -2.24. The monoisotopic (exact) mass is 186 g/mol. The summed E-state index contributed by atoms with van der Waals surface area (Å²) >= 11 is 0. The summed E-state index contributed by atoms with van der Waals surface area (Å²) in [5.74, 6) is -2.40. The van der Waals surface area contributed by atoms with Crippen LogP contribution in [0.15, 0.2) is 12.2 Å². The van der Waals surface area contributed by atoms with Gasteiger partial charge in [-0.25, -0.2) is 9.59 Å². The van der Waals surface area contributed by atoms with Crippen molar-refractivity contribution in [1.82, 2.24) is 0 Å². The summed E-state index contributed by atoms with van der Waals surface area (Å²) in [7, 11) is 0. The van der Waals surface area contributed by atoms with Crippen LogP contribution in [0.3, 0.4) is 0 Å². The van der Waals surface area contributed by atoms with Crippen LogP contribution < -0.4 is 0 Å². The van der Waals surface area contributed by atoms with Crippen molar-refractivity contribution in [3.05, 3.63) is 12.2 Å². The minimum atomic E-state index is -1.53. The van der Waals surface area contributed by atoms with Crippen molar-refractivity contribution in [2.75, 3.05) is 0 Å². The maximum atomic E-state index is 10.7. The van der Waals surface area contributed by atoms with Crippen molar-refractivity contribution < 1.29 is 24.5 Å². The first-order valence-corrected chi connectivity index (χ1v) is 3.67. The van der Waals surface area contributed by atoms with Gasteiger partial charge in [0.25, 0.3) is 0 Å². The third-order valence-corrected chi connectivity index (χ3v) is 1.99. The molecule has 72 valence electrons. The van der Waals surface area contributed by atoms with E-state index >= 15 is 0 Å². The van der Waals surface area contributed by atoms with E-state index in [9.17, 15) is 9.59 Å². The van der Waals surface area contributed by atoms with E-state index in [1.165, 1.54) is 26.0 Å². The average Bonchev–Trinajstić information content (AvgIpc) is 2.30. The summed E-state index contributed by atoms with van der Waals surface area (Å²) in [5, 5.41) is 17.4. The summed E-state index contributed by atoms with van der Waals surface area (Å²) in [5.41, 5.74) is -3.07. The molecule has 5 nitrogen and oxygen atoms in total. The lowest BCUT2D eigenvalue weighted by Crippen LogP contribution is -2.43. The fourth-order valence-corrected chi connectivity index (χ4v) is 1.06. The number of hydrogen-bond acceptors (Lipinski definition) is 3. The Kier molecular flexibility index (Phi) is 1.92. The highest BCUT2D eigenvalue weighted by Gasteiger charge is 2.48. The topological polar surface area (TPSA) is 83.8 Å². The van der Waals surface area contributed by atoms with Gasteiger partial charge < -0.3 is 14.9 Å². The number of carboxylic acids is 2. The Morgan fingerprint density at radius 2 is 1.38 bits per heavy atom. The Morgan fingerprint density at radius 3 is 1.54 bits per heavy atom. The first kappa shape index (κ1) is 9.73. The molecule has 0 radical (unpaired) electrons. The van der Waals surface area contributed by atoms with Gasteiger partial charge in [-0.1, -0.05) is 0 Å². The number of aliphatic carboxylic acids is 2. The van der Waals surface area contributed by atoms with Crippen LogP contribution in [0.2, 0.25) is 0 Å². The van der Waals surface area contributed by atoms with Crippen molar-refractivity contribution >= 4 is 11.9 Å². The Bertz CT molecular complexity index is 267. The smallest absolute Gasteiger partial charge is 0.339 e. The van der Waals surface area contributed by atoms with Crippen LogP contribution in [0.5, 0.6) is 0 Å². The number of hydrogen-bond donors (Lipinski definition) is 2. The predicted octanol–water partition coefficient (Wildman–Crippen LogP) is 0.259. The van der Waals surface area contributed by atoms with Gasteiger partial charge in [0.15, 0.2) is 11.2 Å². The second kappa shape index (κ2) is 2.56. The standard InChI is InChI=1S/C8H10O5/c1-7(5(9)10)3-4-8(2,13-7)6(11)12/h3-4H,1-2H3,(H,9,10)(H,11,12). The molecule has 0 spiro atoms. The molecule has 1 aliphatic rings. The molecule has 2 atom stereocenters. The lowest BCUT2D eigenvalue weighted by molar-refractivity contribution is -0.177. The molecule has 0 aromatic rings. The zero-order chi connectivity index (χ0) is 10.3. The van der Waals surface area contributed by atoms with Crippen LogP contribution in [-0.4, -0.2) is 33.4 Å². The molecule has 0 bridgehead atoms. The second-order valence-electron chi connectivity index (χ2n) is 3.26. The number of rotatable bonds is 2. The van der Waals surface area contributed by atoms with Gasteiger partial charge in [0, 0.05) is 0 Å². The average molecular weight is 186 g/mol. The third-order valence-electron chi connectivity index (χ3n) is 1.99. The van der Waals surface area contributed by atoms with Gasteiger partial charge >= 0.3 is 11.9 Å². The molecule has 0 aromatic heterocycles. The van der Waals surface area contributed by atoms with E-state index in [-0.39, 0.29) is 0 Å². The fraction of sp³-hybridized carbons (Fsp3) is 0.500. The van der Waals surface area contributed by atoms with E-state index in [4.69, 9.17) is 14.9 Å². The molecular weight excluding hydrogens is 176 g/mol. The maximum Gasteiger partial charge on any atom is 0.339 e. The molecule has 0 aliphatic carbocycles. The van der Waals surface area contributed by atoms with Crippen molar-refractivity contribution in [2.24, 2.45) is 0 Å². The molecule has 0 saturated heterocycles. The third kappa shape index (κ3) is 1.42. The molecule has 0 amide bonds. The van der Waals surface area contributed by atoms with Gasteiger partial charge in [-0.2, -0.15) is 0 Å². The summed E-state index contributed by atoms with van der Waals surface area (Å²) in [6.45, 7) is 2.61. The fourth-order valence-electron chi connectivity index (χ4n) is 1.06. The Morgan fingerprint density at radius 1 is 1.08 bits per heavy atom. The van der Waals surface area contributed by atoms with E-state index in [0.717, 1.165) is 0 Å². The van der Waals surface area contributed by atoms with Gasteiger partial charge in [0.05, 0.1) is 0 Å². The zero-order valence-electron chi connectivity index (χ0n) is 7.27. The molecular formula is C8H10O5. The highest BCUT2D eigenvalue weighted by Crippen LogP contribution is 2.31. The summed E-state index contributed by atoms with van der Waals surface area (Å²) < 4.78 is 4.95. The van der Waals surface area contributed by atoms with E-state index < -0.39 is 23.1 Å².